The van der Waals surface area contributed by atoms with Crippen LogP contribution in [0.25, 0.3) is 0 Å². The second-order valence-corrected chi connectivity index (χ2v) is 5.23. The normalized spacial score (nSPS) is 28.9. The van der Waals surface area contributed by atoms with Gasteiger partial charge in [0.1, 0.15) is 0 Å². The molecule has 1 aliphatic rings. The van der Waals surface area contributed by atoms with Gasteiger partial charge in [0, 0.05) is 0 Å². The third kappa shape index (κ3) is 2.98. The number of hydrogen-bond acceptors (Lipinski definition) is 1. The van der Waals surface area contributed by atoms with E-state index in [1.54, 1.807) is 0 Å². The van der Waals surface area contributed by atoms with Crippen molar-refractivity contribution < 1.29 is 5.11 Å². The SMILES string of the molecule is C/C=C\C(O)C1=CC(C)CC(C)(C)C1. The van der Waals surface area contributed by atoms with Gasteiger partial charge in [0.2, 0.25) is 0 Å². The summed E-state index contributed by atoms with van der Waals surface area (Å²) in [6.45, 7) is 8.72. The predicted molar refractivity (Wildman–Crippen MR) is 61.1 cm³/mol. The van der Waals surface area contributed by atoms with Crippen molar-refractivity contribution >= 4 is 0 Å². The zero-order valence-electron chi connectivity index (χ0n) is 9.75. The summed E-state index contributed by atoms with van der Waals surface area (Å²) in [5.74, 6) is 0.591. The van der Waals surface area contributed by atoms with Gasteiger partial charge in [-0.15, -0.1) is 0 Å². The minimum atomic E-state index is -0.373. The Hall–Kier alpha value is -0.560. The molecule has 1 nitrogen and oxygen atoms in total. The highest BCUT2D eigenvalue weighted by Gasteiger charge is 2.28. The highest BCUT2D eigenvalue weighted by molar-refractivity contribution is 5.20. The Morgan fingerprint density at radius 2 is 2.21 bits per heavy atom. The summed E-state index contributed by atoms with van der Waals surface area (Å²) < 4.78 is 0. The average Bonchev–Trinajstić information content (AvgIpc) is 2.00. The summed E-state index contributed by atoms with van der Waals surface area (Å²) in [7, 11) is 0. The fraction of sp³-hybridized carbons (Fsp3) is 0.692. The van der Waals surface area contributed by atoms with Gasteiger partial charge >= 0.3 is 0 Å². The van der Waals surface area contributed by atoms with Crippen LogP contribution in [-0.4, -0.2) is 11.2 Å². The summed E-state index contributed by atoms with van der Waals surface area (Å²) in [4.78, 5) is 0. The van der Waals surface area contributed by atoms with Gasteiger partial charge in [-0.2, -0.15) is 0 Å². The van der Waals surface area contributed by atoms with Crippen molar-refractivity contribution in [2.75, 3.05) is 0 Å². The predicted octanol–water partition coefficient (Wildman–Crippen LogP) is 3.31. The van der Waals surface area contributed by atoms with E-state index in [1.165, 1.54) is 12.0 Å². The lowest BCUT2D eigenvalue weighted by atomic mass is 9.72. The van der Waals surface area contributed by atoms with Crippen LogP contribution in [0.4, 0.5) is 0 Å². The number of hydrogen-bond donors (Lipinski definition) is 1. The van der Waals surface area contributed by atoms with E-state index >= 15 is 0 Å². The first-order valence-electron chi connectivity index (χ1n) is 5.46. The van der Waals surface area contributed by atoms with Crippen LogP contribution in [0.5, 0.6) is 0 Å². The molecular weight excluding hydrogens is 172 g/mol. The summed E-state index contributed by atoms with van der Waals surface area (Å²) in [5, 5.41) is 9.87. The van der Waals surface area contributed by atoms with E-state index in [1.807, 2.05) is 19.1 Å². The molecule has 2 unspecified atom stereocenters. The summed E-state index contributed by atoms with van der Waals surface area (Å²) in [6.07, 6.45) is 7.87. The van der Waals surface area contributed by atoms with Gasteiger partial charge in [0.25, 0.3) is 0 Å². The molecular formula is C13H22O. The van der Waals surface area contributed by atoms with Gasteiger partial charge in [-0.1, -0.05) is 39.0 Å². The van der Waals surface area contributed by atoms with Gasteiger partial charge in [-0.3, -0.25) is 0 Å². The van der Waals surface area contributed by atoms with Crippen molar-refractivity contribution in [2.24, 2.45) is 11.3 Å². The Kier molecular flexibility index (Phi) is 3.54. The summed E-state index contributed by atoms with van der Waals surface area (Å²) in [6, 6.07) is 0. The first-order valence-corrected chi connectivity index (χ1v) is 5.46. The van der Waals surface area contributed by atoms with Crippen molar-refractivity contribution in [1.29, 1.82) is 0 Å². The Labute approximate surface area is 87.5 Å². The van der Waals surface area contributed by atoms with Crippen molar-refractivity contribution in [1.82, 2.24) is 0 Å². The minimum absolute atomic E-state index is 0.339. The van der Waals surface area contributed by atoms with Gasteiger partial charge in [0.15, 0.2) is 0 Å². The Morgan fingerprint density at radius 1 is 1.57 bits per heavy atom. The topological polar surface area (TPSA) is 20.2 Å². The fourth-order valence-corrected chi connectivity index (χ4v) is 2.49. The molecule has 0 aromatic carbocycles. The smallest absolute Gasteiger partial charge is 0.0932 e. The molecule has 80 valence electrons. The van der Waals surface area contributed by atoms with Crippen LogP contribution in [0.15, 0.2) is 23.8 Å². The third-order valence-electron chi connectivity index (χ3n) is 2.81. The van der Waals surface area contributed by atoms with E-state index in [2.05, 4.69) is 26.8 Å². The molecule has 0 heterocycles. The molecule has 0 amide bonds. The second-order valence-electron chi connectivity index (χ2n) is 5.23. The molecule has 0 radical (unpaired) electrons. The van der Waals surface area contributed by atoms with Crippen LogP contribution in [-0.2, 0) is 0 Å². The van der Waals surface area contributed by atoms with Crippen molar-refractivity contribution in [3.05, 3.63) is 23.8 Å². The molecule has 0 fully saturated rings. The number of aliphatic hydroxyl groups is 1. The second kappa shape index (κ2) is 4.31. The molecule has 0 bridgehead atoms. The number of allylic oxidation sites excluding steroid dienone is 2. The van der Waals surface area contributed by atoms with Gasteiger partial charge in [-0.25, -0.2) is 0 Å². The molecule has 0 saturated carbocycles. The van der Waals surface area contributed by atoms with E-state index in [9.17, 15) is 5.11 Å². The molecule has 0 aromatic rings. The molecule has 14 heavy (non-hydrogen) atoms. The quantitative estimate of drug-likeness (QED) is 0.669. The largest absolute Gasteiger partial charge is 0.385 e. The molecule has 0 spiro atoms. The molecule has 2 atom stereocenters. The highest BCUT2D eigenvalue weighted by Crippen LogP contribution is 2.39. The standard InChI is InChI=1S/C13H22O/c1-5-6-12(14)11-7-10(2)8-13(3,4)9-11/h5-7,10,12,14H,8-9H2,1-4H3/b6-5-. The lowest BCUT2D eigenvalue weighted by molar-refractivity contribution is 0.211. The zero-order valence-corrected chi connectivity index (χ0v) is 9.75. The molecule has 1 heteroatoms. The summed E-state index contributed by atoms with van der Waals surface area (Å²) >= 11 is 0. The summed E-state index contributed by atoms with van der Waals surface area (Å²) in [5.41, 5.74) is 1.53. The van der Waals surface area contributed by atoms with Crippen LogP contribution < -0.4 is 0 Å². The maximum absolute atomic E-state index is 9.87. The van der Waals surface area contributed by atoms with Crippen molar-refractivity contribution in [3.8, 4) is 0 Å². The molecule has 1 aliphatic carbocycles. The minimum Gasteiger partial charge on any atom is -0.385 e. The lowest BCUT2D eigenvalue weighted by Crippen LogP contribution is -2.24. The number of aliphatic hydroxyl groups excluding tert-OH is 1. The van der Waals surface area contributed by atoms with E-state index < -0.39 is 0 Å². The van der Waals surface area contributed by atoms with Gasteiger partial charge < -0.3 is 5.11 Å². The van der Waals surface area contributed by atoms with Crippen molar-refractivity contribution in [2.45, 2.75) is 46.6 Å². The van der Waals surface area contributed by atoms with Crippen molar-refractivity contribution in [3.63, 3.8) is 0 Å². The molecule has 0 saturated heterocycles. The van der Waals surface area contributed by atoms with Gasteiger partial charge in [-0.05, 0) is 36.7 Å². The Morgan fingerprint density at radius 3 is 2.71 bits per heavy atom. The van der Waals surface area contributed by atoms with Gasteiger partial charge in [0.05, 0.1) is 6.10 Å². The Balaban J connectivity index is 2.78. The Bertz CT molecular complexity index is 248. The first-order chi connectivity index (χ1) is 6.44. The van der Waals surface area contributed by atoms with Crippen LogP contribution >= 0.6 is 0 Å². The first kappa shape index (κ1) is 11.5. The third-order valence-corrected chi connectivity index (χ3v) is 2.81. The van der Waals surface area contributed by atoms with Crippen LogP contribution in [0, 0.1) is 11.3 Å². The molecule has 1 N–H and O–H groups in total. The number of rotatable bonds is 2. The molecule has 0 aliphatic heterocycles. The van der Waals surface area contributed by atoms with E-state index in [0.717, 1.165) is 6.42 Å². The monoisotopic (exact) mass is 194 g/mol. The van der Waals surface area contributed by atoms with E-state index in [0.29, 0.717) is 11.3 Å². The average molecular weight is 194 g/mol. The van der Waals surface area contributed by atoms with Crippen LogP contribution in [0.3, 0.4) is 0 Å². The highest BCUT2D eigenvalue weighted by atomic mass is 16.3. The molecule has 0 aromatic heterocycles. The maximum atomic E-state index is 9.87. The maximum Gasteiger partial charge on any atom is 0.0932 e. The van der Waals surface area contributed by atoms with Crippen LogP contribution in [0.1, 0.15) is 40.5 Å². The molecule has 1 rings (SSSR count). The zero-order chi connectivity index (χ0) is 10.8. The van der Waals surface area contributed by atoms with Crippen LogP contribution in [0.2, 0.25) is 0 Å². The van der Waals surface area contributed by atoms with E-state index in [-0.39, 0.29) is 6.10 Å². The van der Waals surface area contributed by atoms with E-state index in [4.69, 9.17) is 0 Å². The fourth-order valence-electron chi connectivity index (χ4n) is 2.49. The lowest BCUT2D eigenvalue weighted by Gasteiger charge is -2.34.